The number of benzene rings is 3. The third kappa shape index (κ3) is 6.17. The predicted octanol–water partition coefficient (Wildman–Crippen LogP) is 5.44. The van der Waals surface area contributed by atoms with Crippen LogP contribution >= 0.6 is 0 Å². The van der Waals surface area contributed by atoms with E-state index in [0.717, 1.165) is 22.4 Å². The number of aromatic nitrogens is 3. The highest BCUT2D eigenvalue weighted by molar-refractivity contribution is 6.72. The topological polar surface area (TPSA) is 127 Å². The summed E-state index contributed by atoms with van der Waals surface area (Å²) in [6, 6.07) is 24.5. The van der Waals surface area contributed by atoms with Gasteiger partial charge in [0, 0.05) is 42.4 Å². The molecule has 2 unspecified atom stereocenters. The molecule has 0 radical (unpaired) electrons. The van der Waals surface area contributed by atoms with E-state index >= 15 is 4.11 Å². The van der Waals surface area contributed by atoms with Crippen LogP contribution in [0.25, 0.3) is 0 Å². The van der Waals surface area contributed by atoms with Crippen molar-refractivity contribution in [1.82, 2.24) is 15.0 Å². The second kappa shape index (κ2) is 13.4. The van der Waals surface area contributed by atoms with Gasteiger partial charge in [-0.25, -0.2) is 0 Å². The van der Waals surface area contributed by atoms with Crippen molar-refractivity contribution < 1.29 is 33.1 Å². The van der Waals surface area contributed by atoms with E-state index in [1.165, 1.54) is 11.8 Å². The fraction of sp³-hybridized carbons (Fsp3) is 0.395. The fourth-order valence-electron chi connectivity index (χ4n) is 8.25. The maximum Gasteiger partial charge on any atom is 0.304 e. The molecule has 7 rings (SSSR count). The molecule has 4 heterocycles. The molecule has 1 N–H and O–H groups in total. The molecule has 0 aliphatic carbocycles. The predicted molar refractivity (Wildman–Crippen MR) is 190 cm³/mol. The van der Waals surface area contributed by atoms with Crippen LogP contribution in [-0.2, 0) is 42.5 Å². The summed E-state index contributed by atoms with van der Waals surface area (Å²) in [5, 5.41) is 18.8. The van der Waals surface area contributed by atoms with E-state index in [2.05, 4.69) is 10.3 Å². The molecule has 6 atom stereocenters. The number of β-lactam (4-membered cyclic amide) rings is 1. The molecule has 1 spiro atoms. The van der Waals surface area contributed by atoms with Crippen LogP contribution in [0.1, 0.15) is 55.0 Å². The average molecular weight is 712 g/mol. The molecule has 13 heteroatoms. The molecule has 4 aromatic rings. The van der Waals surface area contributed by atoms with Crippen LogP contribution in [0.2, 0.25) is 18.6 Å². The number of aliphatic hydroxyl groups is 1. The zero-order valence-corrected chi connectivity index (χ0v) is 30.1. The first-order valence-electron chi connectivity index (χ1n) is 17.3. The van der Waals surface area contributed by atoms with Gasteiger partial charge in [-0.15, -0.1) is 5.10 Å². The van der Waals surface area contributed by atoms with Gasteiger partial charge in [-0.05, 0) is 48.8 Å². The first kappa shape index (κ1) is 34.7. The highest BCUT2D eigenvalue weighted by atomic mass is 28.4. The summed E-state index contributed by atoms with van der Waals surface area (Å²) in [7, 11) is -3.37. The molecule has 2 saturated heterocycles. The number of para-hydroxylation sites is 1. The van der Waals surface area contributed by atoms with Gasteiger partial charge in [0.1, 0.15) is 0 Å². The number of hydrogen-bond acceptors (Lipinski definition) is 8. The number of esters is 1. The molecule has 3 aromatic carbocycles. The molecule has 2 fully saturated rings. The monoisotopic (exact) mass is 711 g/mol. The normalized spacial score (nSPS) is 24.9. The lowest BCUT2D eigenvalue weighted by atomic mass is 9.82. The summed E-state index contributed by atoms with van der Waals surface area (Å²) >= 11 is 0. The molecule has 0 bridgehead atoms. The van der Waals surface area contributed by atoms with Gasteiger partial charge in [0.2, 0.25) is 14.3 Å². The van der Waals surface area contributed by atoms with Crippen LogP contribution in [0.3, 0.4) is 0 Å². The van der Waals surface area contributed by atoms with Crippen molar-refractivity contribution in [3.05, 3.63) is 107 Å². The van der Waals surface area contributed by atoms with Crippen molar-refractivity contribution in [2.45, 2.75) is 82.3 Å². The van der Waals surface area contributed by atoms with Crippen LogP contribution in [0, 0.1) is 5.92 Å². The van der Waals surface area contributed by atoms with Gasteiger partial charge >= 0.3 is 5.97 Å². The number of aryl methyl sites for hydroxylation is 1. The number of halogens is 1. The van der Waals surface area contributed by atoms with Gasteiger partial charge in [0.05, 0.1) is 43.0 Å². The van der Waals surface area contributed by atoms with E-state index < -0.39 is 43.8 Å². The lowest BCUT2D eigenvalue weighted by Crippen LogP contribution is -2.54. The number of aliphatic hydroxyl groups excluding tert-OH is 1. The van der Waals surface area contributed by atoms with Crippen LogP contribution in [0.4, 0.5) is 15.5 Å². The molecule has 11 nitrogen and oxygen atoms in total. The van der Waals surface area contributed by atoms with Crippen LogP contribution < -0.4 is 9.80 Å². The first-order valence-corrected chi connectivity index (χ1v) is 20.3. The molecule has 0 saturated carbocycles. The minimum atomic E-state index is -3.37. The number of anilines is 2. The molecular weight excluding hydrogens is 670 g/mol. The molecular formula is C38H42FN5O6Si. The number of ether oxygens (including phenoxy) is 2. The van der Waals surface area contributed by atoms with E-state index in [1.54, 1.807) is 34.8 Å². The zero-order chi connectivity index (χ0) is 36.1. The Bertz CT molecular complexity index is 1930. The van der Waals surface area contributed by atoms with Gasteiger partial charge in [-0.1, -0.05) is 72.8 Å². The Morgan fingerprint density at radius 3 is 2.45 bits per heavy atom. The minimum Gasteiger partial charge on any atom is -0.441 e. The second-order valence-corrected chi connectivity index (χ2v) is 18.0. The van der Waals surface area contributed by atoms with Gasteiger partial charge in [0.25, 0.3) is 5.91 Å². The van der Waals surface area contributed by atoms with Gasteiger partial charge in [-0.3, -0.25) is 24.0 Å². The van der Waals surface area contributed by atoms with Crippen molar-refractivity contribution in [2.75, 3.05) is 16.4 Å². The molecule has 3 aliphatic heterocycles. The number of nitrogens with zero attached hydrogens (tertiary/aromatic N) is 5. The SMILES string of the molecule is CC(=O)OC1CC(=O)N1c1ccc(CN2C(=O)[C@]3(O[C@H](CCn4cc(C(CO)c5ccccc5)nn4)[C@@H]([Si](C)(C)F)[C@@H]3C)c3ccccc32)cc1. The minimum absolute atomic E-state index is 0.116. The highest BCUT2D eigenvalue weighted by Crippen LogP contribution is 2.60. The molecule has 266 valence electrons. The average Bonchev–Trinajstić information content (AvgIpc) is 3.75. The quantitative estimate of drug-likeness (QED) is 0.0944. The van der Waals surface area contributed by atoms with Crippen LogP contribution in [0.15, 0.2) is 85.1 Å². The number of hydrogen-bond donors (Lipinski definition) is 1. The Morgan fingerprint density at radius 2 is 1.78 bits per heavy atom. The van der Waals surface area contributed by atoms with Crippen molar-refractivity contribution >= 4 is 37.6 Å². The Hall–Kier alpha value is -4.72. The van der Waals surface area contributed by atoms with E-state index in [1.807, 2.05) is 79.9 Å². The second-order valence-electron chi connectivity index (χ2n) is 14.2. The number of carbonyl (C=O) groups is 3. The zero-order valence-electron chi connectivity index (χ0n) is 29.1. The number of amides is 2. The summed E-state index contributed by atoms with van der Waals surface area (Å²) in [5.41, 5.74) is 2.64. The van der Waals surface area contributed by atoms with E-state index in [0.29, 0.717) is 24.3 Å². The summed E-state index contributed by atoms with van der Waals surface area (Å²) in [6.07, 6.45) is 1.20. The van der Waals surface area contributed by atoms with Gasteiger partial charge in [0.15, 0.2) is 11.8 Å². The molecule has 3 aliphatic rings. The van der Waals surface area contributed by atoms with Gasteiger partial charge in [-0.2, -0.15) is 0 Å². The van der Waals surface area contributed by atoms with E-state index in [9.17, 15) is 19.5 Å². The van der Waals surface area contributed by atoms with Crippen molar-refractivity contribution in [2.24, 2.45) is 5.92 Å². The Kier molecular flexibility index (Phi) is 9.15. The summed E-state index contributed by atoms with van der Waals surface area (Å²) in [6.45, 7) is 7.15. The highest BCUT2D eigenvalue weighted by Gasteiger charge is 2.66. The number of fused-ring (bicyclic) bond motifs is 2. The lowest BCUT2D eigenvalue weighted by Gasteiger charge is -2.39. The van der Waals surface area contributed by atoms with E-state index in [4.69, 9.17) is 9.47 Å². The van der Waals surface area contributed by atoms with Crippen molar-refractivity contribution in [1.29, 1.82) is 0 Å². The third-order valence-corrected chi connectivity index (χ3v) is 13.0. The molecule has 51 heavy (non-hydrogen) atoms. The number of rotatable bonds is 11. The number of carbonyl (C=O) groups excluding carboxylic acids is 3. The molecule has 2 amide bonds. The maximum atomic E-state index is 16.3. The van der Waals surface area contributed by atoms with Crippen LogP contribution in [-0.4, -0.2) is 65.2 Å². The summed E-state index contributed by atoms with van der Waals surface area (Å²) in [5.74, 6) is -1.57. The largest absolute Gasteiger partial charge is 0.441 e. The van der Waals surface area contributed by atoms with Crippen molar-refractivity contribution in [3.63, 3.8) is 0 Å². The first-order chi connectivity index (χ1) is 24.4. The summed E-state index contributed by atoms with van der Waals surface area (Å²) < 4.78 is 30.2. The summed E-state index contributed by atoms with van der Waals surface area (Å²) in [4.78, 5) is 41.6. The van der Waals surface area contributed by atoms with E-state index in [-0.39, 0.29) is 37.3 Å². The van der Waals surface area contributed by atoms with Crippen molar-refractivity contribution in [3.8, 4) is 0 Å². The Labute approximate surface area is 297 Å². The Morgan fingerprint density at radius 1 is 1.08 bits per heavy atom. The maximum absolute atomic E-state index is 16.3. The fourth-order valence-corrected chi connectivity index (χ4v) is 10.8. The standard InChI is InChI=1S/C38H42FN5O6Si/c1-24-36(51(3,4)39)33(18-19-42-22-31(40-41-42)29(23-45)27-10-6-5-7-11-27)50-38(24)30-12-8-9-13-32(30)43(37(38)48)21-26-14-16-28(17-15-26)44-34(47)20-35(44)49-25(2)46/h5-17,22,24,29,33,35-36,45H,18-21,23H2,1-4H3/t24-,29?,33+,35?,36-,38+/m0/s1. The smallest absolute Gasteiger partial charge is 0.304 e. The third-order valence-electron chi connectivity index (χ3n) is 10.6. The Balaban J connectivity index is 1.12. The lowest BCUT2D eigenvalue weighted by molar-refractivity contribution is -0.154. The molecule has 1 aromatic heterocycles. The van der Waals surface area contributed by atoms with Gasteiger partial charge < -0.3 is 23.6 Å². The van der Waals surface area contributed by atoms with Crippen LogP contribution in [0.5, 0.6) is 0 Å².